The molecule has 0 saturated carbocycles. The SMILES string of the molecule is COc1cc(OC)c2c(CN3CCNCC3)c[nH]c2c1. The Bertz CT molecular complexity index is 588. The van der Waals surface area contributed by atoms with E-state index in [0.29, 0.717) is 0 Å². The highest BCUT2D eigenvalue weighted by Gasteiger charge is 2.16. The van der Waals surface area contributed by atoms with Crippen LogP contribution < -0.4 is 14.8 Å². The molecule has 0 bridgehead atoms. The number of nitrogens with one attached hydrogen (secondary N) is 2. The Morgan fingerprint density at radius 1 is 1.15 bits per heavy atom. The monoisotopic (exact) mass is 275 g/mol. The summed E-state index contributed by atoms with van der Waals surface area (Å²) in [6.45, 7) is 5.25. The fourth-order valence-electron chi connectivity index (χ4n) is 2.79. The molecule has 1 saturated heterocycles. The number of H-pyrrole nitrogens is 1. The highest BCUT2D eigenvalue weighted by Crippen LogP contribution is 2.33. The molecule has 0 atom stereocenters. The van der Waals surface area contributed by atoms with Gasteiger partial charge in [-0.05, 0) is 5.56 Å². The van der Waals surface area contributed by atoms with Gasteiger partial charge in [-0.2, -0.15) is 0 Å². The highest BCUT2D eigenvalue weighted by molar-refractivity contribution is 5.90. The van der Waals surface area contributed by atoms with Crippen LogP contribution in [-0.2, 0) is 6.54 Å². The van der Waals surface area contributed by atoms with E-state index >= 15 is 0 Å². The molecule has 2 heterocycles. The van der Waals surface area contributed by atoms with Gasteiger partial charge in [0.15, 0.2) is 0 Å². The van der Waals surface area contributed by atoms with Gasteiger partial charge < -0.3 is 19.8 Å². The summed E-state index contributed by atoms with van der Waals surface area (Å²) in [5.74, 6) is 1.68. The van der Waals surface area contributed by atoms with E-state index in [4.69, 9.17) is 9.47 Å². The Morgan fingerprint density at radius 2 is 1.95 bits per heavy atom. The molecule has 1 aliphatic heterocycles. The fraction of sp³-hybridized carbons (Fsp3) is 0.467. The Kier molecular flexibility index (Phi) is 3.80. The van der Waals surface area contributed by atoms with Crippen molar-refractivity contribution in [3.63, 3.8) is 0 Å². The Balaban J connectivity index is 1.94. The van der Waals surface area contributed by atoms with E-state index in [2.05, 4.69) is 21.4 Å². The van der Waals surface area contributed by atoms with E-state index in [1.54, 1.807) is 14.2 Å². The lowest BCUT2D eigenvalue weighted by atomic mass is 10.1. The van der Waals surface area contributed by atoms with Crippen molar-refractivity contribution >= 4 is 10.9 Å². The summed E-state index contributed by atoms with van der Waals surface area (Å²) in [6.07, 6.45) is 2.08. The minimum Gasteiger partial charge on any atom is -0.497 e. The van der Waals surface area contributed by atoms with Gasteiger partial charge in [0.1, 0.15) is 11.5 Å². The van der Waals surface area contributed by atoms with Crippen LogP contribution in [0.25, 0.3) is 10.9 Å². The average Bonchev–Trinajstić information content (AvgIpc) is 2.90. The second-order valence-corrected chi connectivity index (χ2v) is 5.09. The lowest BCUT2D eigenvalue weighted by molar-refractivity contribution is 0.234. The number of aromatic nitrogens is 1. The number of methoxy groups -OCH3 is 2. The lowest BCUT2D eigenvalue weighted by Gasteiger charge is -2.27. The first-order valence-corrected chi connectivity index (χ1v) is 6.97. The maximum absolute atomic E-state index is 5.53. The maximum Gasteiger partial charge on any atom is 0.132 e. The van der Waals surface area contributed by atoms with Crippen molar-refractivity contribution in [2.75, 3.05) is 40.4 Å². The normalized spacial score (nSPS) is 16.5. The number of fused-ring (bicyclic) bond motifs is 1. The van der Waals surface area contributed by atoms with E-state index in [-0.39, 0.29) is 0 Å². The topological polar surface area (TPSA) is 49.5 Å². The second kappa shape index (κ2) is 5.73. The largest absolute Gasteiger partial charge is 0.497 e. The van der Waals surface area contributed by atoms with Gasteiger partial charge in [-0.3, -0.25) is 4.90 Å². The highest BCUT2D eigenvalue weighted by atomic mass is 16.5. The summed E-state index contributed by atoms with van der Waals surface area (Å²) in [5.41, 5.74) is 2.34. The molecule has 2 N–H and O–H groups in total. The van der Waals surface area contributed by atoms with Gasteiger partial charge in [-0.1, -0.05) is 0 Å². The molecule has 1 aromatic heterocycles. The quantitative estimate of drug-likeness (QED) is 0.889. The molecule has 0 spiro atoms. The van der Waals surface area contributed by atoms with Crippen molar-refractivity contribution in [1.29, 1.82) is 0 Å². The second-order valence-electron chi connectivity index (χ2n) is 5.09. The molecule has 1 aliphatic rings. The predicted molar refractivity (Wildman–Crippen MR) is 79.5 cm³/mol. The van der Waals surface area contributed by atoms with Gasteiger partial charge in [0.25, 0.3) is 0 Å². The summed E-state index contributed by atoms with van der Waals surface area (Å²) >= 11 is 0. The van der Waals surface area contributed by atoms with Crippen LogP contribution in [0.1, 0.15) is 5.56 Å². The molecule has 0 unspecified atom stereocenters. The summed E-state index contributed by atoms with van der Waals surface area (Å²) < 4.78 is 10.8. The predicted octanol–water partition coefficient (Wildman–Crippen LogP) is 1.59. The smallest absolute Gasteiger partial charge is 0.132 e. The Hall–Kier alpha value is -1.72. The van der Waals surface area contributed by atoms with E-state index in [0.717, 1.165) is 55.1 Å². The zero-order valence-electron chi connectivity index (χ0n) is 12.0. The van der Waals surface area contributed by atoms with Crippen molar-refractivity contribution in [2.24, 2.45) is 0 Å². The first-order valence-electron chi connectivity index (χ1n) is 6.97. The molecule has 1 aromatic carbocycles. The van der Waals surface area contributed by atoms with Crippen molar-refractivity contribution in [3.8, 4) is 11.5 Å². The number of ether oxygens (including phenoxy) is 2. The molecule has 3 rings (SSSR count). The molecule has 0 radical (unpaired) electrons. The number of aromatic amines is 1. The van der Waals surface area contributed by atoms with Crippen molar-refractivity contribution in [1.82, 2.24) is 15.2 Å². The fourth-order valence-corrected chi connectivity index (χ4v) is 2.79. The minimum absolute atomic E-state index is 0.810. The molecule has 108 valence electrons. The van der Waals surface area contributed by atoms with Crippen LogP contribution in [0.5, 0.6) is 11.5 Å². The molecule has 5 nitrogen and oxygen atoms in total. The van der Waals surface area contributed by atoms with Crippen LogP contribution in [0.2, 0.25) is 0 Å². The molecular formula is C15H21N3O2. The summed E-state index contributed by atoms with van der Waals surface area (Å²) in [4.78, 5) is 5.79. The van der Waals surface area contributed by atoms with Crippen LogP contribution in [0.3, 0.4) is 0 Å². The molecule has 20 heavy (non-hydrogen) atoms. The summed E-state index contributed by atoms with van der Waals surface area (Å²) in [7, 11) is 3.38. The number of rotatable bonds is 4. The number of piperazine rings is 1. The molecular weight excluding hydrogens is 254 g/mol. The van der Waals surface area contributed by atoms with E-state index in [1.165, 1.54) is 5.56 Å². The van der Waals surface area contributed by atoms with Crippen molar-refractivity contribution < 1.29 is 9.47 Å². The van der Waals surface area contributed by atoms with Crippen LogP contribution in [0.15, 0.2) is 18.3 Å². The van der Waals surface area contributed by atoms with Crippen LogP contribution in [0, 0.1) is 0 Å². The van der Waals surface area contributed by atoms with Gasteiger partial charge in [0.2, 0.25) is 0 Å². The van der Waals surface area contributed by atoms with Crippen LogP contribution >= 0.6 is 0 Å². The summed E-state index contributed by atoms with van der Waals surface area (Å²) in [5, 5.41) is 4.54. The van der Waals surface area contributed by atoms with Crippen molar-refractivity contribution in [3.05, 3.63) is 23.9 Å². The first kappa shape index (κ1) is 13.3. The molecule has 1 fully saturated rings. The standard InChI is InChI=1S/C15H21N3O2/c1-19-12-7-13-15(14(8-12)20-2)11(9-17-13)10-18-5-3-16-4-6-18/h7-9,16-17H,3-6,10H2,1-2H3. The van der Waals surface area contributed by atoms with Gasteiger partial charge in [-0.15, -0.1) is 0 Å². The van der Waals surface area contributed by atoms with E-state index < -0.39 is 0 Å². The molecule has 5 heteroatoms. The average molecular weight is 275 g/mol. The number of nitrogens with zero attached hydrogens (tertiary/aromatic N) is 1. The minimum atomic E-state index is 0.810. The Labute approximate surface area is 118 Å². The van der Waals surface area contributed by atoms with Gasteiger partial charge in [0.05, 0.1) is 19.7 Å². The number of benzene rings is 1. The molecule has 0 amide bonds. The maximum atomic E-state index is 5.53. The van der Waals surface area contributed by atoms with Crippen LogP contribution in [0.4, 0.5) is 0 Å². The van der Waals surface area contributed by atoms with Gasteiger partial charge in [-0.25, -0.2) is 0 Å². The zero-order valence-corrected chi connectivity index (χ0v) is 12.0. The third-order valence-corrected chi connectivity index (χ3v) is 3.86. The van der Waals surface area contributed by atoms with E-state index in [1.807, 2.05) is 12.1 Å². The molecule has 0 aliphatic carbocycles. The lowest BCUT2D eigenvalue weighted by Crippen LogP contribution is -2.42. The van der Waals surface area contributed by atoms with Gasteiger partial charge >= 0.3 is 0 Å². The molecule has 2 aromatic rings. The number of hydrogen-bond donors (Lipinski definition) is 2. The summed E-state index contributed by atoms with van der Waals surface area (Å²) in [6, 6.07) is 3.95. The van der Waals surface area contributed by atoms with Crippen molar-refractivity contribution in [2.45, 2.75) is 6.54 Å². The van der Waals surface area contributed by atoms with Crippen LogP contribution in [-0.4, -0.2) is 50.3 Å². The van der Waals surface area contributed by atoms with E-state index in [9.17, 15) is 0 Å². The van der Waals surface area contributed by atoms with Gasteiger partial charge in [0, 0.05) is 56.4 Å². The zero-order chi connectivity index (χ0) is 13.9. The third kappa shape index (κ3) is 2.46. The Morgan fingerprint density at radius 3 is 2.65 bits per heavy atom. The third-order valence-electron chi connectivity index (χ3n) is 3.86. The first-order chi connectivity index (χ1) is 9.81. The number of hydrogen-bond acceptors (Lipinski definition) is 4.